The van der Waals surface area contributed by atoms with E-state index < -0.39 is 0 Å². The molecule has 0 aromatic rings. The zero-order valence-electron chi connectivity index (χ0n) is 12.8. The van der Waals surface area contributed by atoms with E-state index in [2.05, 4.69) is 15.5 Å². The fourth-order valence-electron chi connectivity index (χ4n) is 2.71. The molecule has 1 aliphatic heterocycles. The van der Waals surface area contributed by atoms with Gasteiger partial charge in [-0.25, -0.2) is 0 Å². The van der Waals surface area contributed by atoms with E-state index in [1.165, 1.54) is 32.4 Å². The normalized spacial score (nSPS) is 26.4. The Morgan fingerprint density at radius 1 is 1.32 bits per heavy atom. The molecule has 1 amide bonds. The lowest BCUT2D eigenvalue weighted by molar-refractivity contribution is -0.124. The van der Waals surface area contributed by atoms with E-state index in [1.54, 1.807) is 0 Å². The van der Waals surface area contributed by atoms with Crippen LogP contribution in [-0.4, -0.2) is 48.1 Å². The Hall–Kier alpha value is -0.610. The zero-order chi connectivity index (χ0) is 14.0. The number of likely N-dealkylation sites (tertiary alicyclic amines) is 1. The average molecular weight is 267 g/mol. The highest BCUT2D eigenvalue weighted by molar-refractivity contribution is 5.81. The predicted molar refractivity (Wildman–Crippen MR) is 78.1 cm³/mol. The van der Waals surface area contributed by atoms with Crippen LogP contribution in [0, 0.1) is 5.92 Å². The molecule has 4 heteroatoms. The van der Waals surface area contributed by atoms with Crippen molar-refractivity contribution in [2.24, 2.45) is 5.92 Å². The Morgan fingerprint density at radius 2 is 2.00 bits per heavy atom. The maximum Gasteiger partial charge on any atom is 0.237 e. The number of rotatable bonds is 5. The molecule has 0 radical (unpaired) electrons. The lowest BCUT2D eigenvalue weighted by Gasteiger charge is -2.24. The van der Waals surface area contributed by atoms with Crippen LogP contribution in [-0.2, 0) is 4.79 Å². The molecule has 2 aliphatic rings. The fraction of sp³-hybridized carbons (Fsp3) is 0.933. The summed E-state index contributed by atoms with van der Waals surface area (Å²) < 4.78 is 0. The molecular formula is C15H29N3O. The van der Waals surface area contributed by atoms with E-state index in [9.17, 15) is 4.79 Å². The van der Waals surface area contributed by atoms with Gasteiger partial charge >= 0.3 is 0 Å². The summed E-state index contributed by atoms with van der Waals surface area (Å²) >= 11 is 0. The maximum atomic E-state index is 12.0. The van der Waals surface area contributed by atoms with E-state index in [4.69, 9.17) is 0 Å². The van der Waals surface area contributed by atoms with E-state index in [0.29, 0.717) is 5.92 Å². The van der Waals surface area contributed by atoms with E-state index in [0.717, 1.165) is 12.6 Å². The summed E-state index contributed by atoms with van der Waals surface area (Å²) in [7, 11) is 0. The van der Waals surface area contributed by atoms with Crippen LogP contribution in [0.5, 0.6) is 0 Å². The summed E-state index contributed by atoms with van der Waals surface area (Å²) in [4.78, 5) is 14.6. The van der Waals surface area contributed by atoms with Gasteiger partial charge in [0.25, 0.3) is 0 Å². The van der Waals surface area contributed by atoms with E-state index in [-0.39, 0.29) is 17.5 Å². The zero-order valence-corrected chi connectivity index (χ0v) is 12.8. The van der Waals surface area contributed by atoms with Crippen LogP contribution in [0.15, 0.2) is 0 Å². The number of nitrogens with one attached hydrogen (secondary N) is 2. The van der Waals surface area contributed by atoms with Gasteiger partial charge in [0.2, 0.25) is 5.91 Å². The second-order valence-corrected chi connectivity index (χ2v) is 7.25. The lowest BCUT2D eigenvalue weighted by atomic mass is 10.1. The number of carbonyl (C=O) groups excluding carboxylic acids is 1. The summed E-state index contributed by atoms with van der Waals surface area (Å²) in [6.45, 7) is 11.4. The van der Waals surface area contributed by atoms with Crippen molar-refractivity contribution in [3.8, 4) is 0 Å². The molecule has 1 heterocycles. The molecule has 0 aromatic heterocycles. The summed E-state index contributed by atoms with van der Waals surface area (Å²) in [6.07, 6.45) is 4.06. The molecule has 2 fully saturated rings. The van der Waals surface area contributed by atoms with Gasteiger partial charge < -0.3 is 15.5 Å². The molecule has 0 spiro atoms. The number of nitrogens with zero attached hydrogens (tertiary/aromatic N) is 1. The molecule has 4 nitrogen and oxygen atoms in total. The third-order valence-corrected chi connectivity index (χ3v) is 3.98. The molecule has 2 N–H and O–H groups in total. The summed E-state index contributed by atoms with van der Waals surface area (Å²) in [6, 6.07) is 0.779. The molecule has 1 aliphatic carbocycles. The maximum absolute atomic E-state index is 12.0. The van der Waals surface area contributed by atoms with Crippen LogP contribution in [0.2, 0.25) is 0 Å². The Balaban J connectivity index is 1.66. The Kier molecular flexibility index (Phi) is 4.51. The highest BCUT2D eigenvalue weighted by atomic mass is 16.2. The van der Waals surface area contributed by atoms with Crippen LogP contribution < -0.4 is 10.6 Å². The summed E-state index contributed by atoms with van der Waals surface area (Å²) in [5.41, 5.74) is -0.150. The third-order valence-electron chi connectivity index (χ3n) is 3.98. The van der Waals surface area contributed by atoms with Gasteiger partial charge in [0.15, 0.2) is 0 Å². The van der Waals surface area contributed by atoms with Crippen molar-refractivity contribution >= 4 is 5.91 Å². The third kappa shape index (κ3) is 4.77. The highest BCUT2D eigenvalue weighted by Crippen LogP contribution is 2.31. The first-order chi connectivity index (χ1) is 8.85. The molecule has 2 unspecified atom stereocenters. The van der Waals surface area contributed by atoms with Crippen molar-refractivity contribution in [1.82, 2.24) is 15.5 Å². The molecule has 1 saturated heterocycles. The first kappa shape index (κ1) is 14.8. The van der Waals surface area contributed by atoms with Crippen LogP contribution in [0.4, 0.5) is 0 Å². The van der Waals surface area contributed by atoms with Crippen molar-refractivity contribution in [3.05, 3.63) is 0 Å². The lowest BCUT2D eigenvalue weighted by Crippen LogP contribution is -2.50. The molecule has 110 valence electrons. The number of hydrogen-bond donors (Lipinski definition) is 2. The number of hydrogen-bond acceptors (Lipinski definition) is 3. The Morgan fingerprint density at radius 3 is 2.58 bits per heavy atom. The largest absolute Gasteiger partial charge is 0.350 e. The van der Waals surface area contributed by atoms with Gasteiger partial charge in [0, 0.05) is 18.1 Å². The standard InChI is InChI=1S/C15H29N3O/c1-11(14(19)17-15(2,3)4)16-9-12-7-8-18(10-12)13-5-6-13/h11-13,16H,5-10H2,1-4H3,(H,17,19). The number of amides is 1. The number of carbonyl (C=O) groups is 1. The monoisotopic (exact) mass is 267 g/mol. The summed E-state index contributed by atoms with van der Waals surface area (Å²) in [5, 5.41) is 6.41. The van der Waals surface area contributed by atoms with Gasteiger partial charge in [-0.15, -0.1) is 0 Å². The molecule has 1 saturated carbocycles. The van der Waals surface area contributed by atoms with Crippen LogP contribution in [0.3, 0.4) is 0 Å². The van der Waals surface area contributed by atoms with E-state index in [1.807, 2.05) is 27.7 Å². The average Bonchev–Trinajstić information content (AvgIpc) is 3.04. The first-order valence-corrected chi connectivity index (χ1v) is 7.64. The smallest absolute Gasteiger partial charge is 0.237 e. The van der Waals surface area contributed by atoms with Crippen LogP contribution in [0.25, 0.3) is 0 Å². The van der Waals surface area contributed by atoms with E-state index >= 15 is 0 Å². The van der Waals surface area contributed by atoms with Crippen molar-refractivity contribution in [2.75, 3.05) is 19.6 Å². The molecular weight excluding hydrogens is 238 g/mol. The van der Waals surface area contributed by atoms with Gasteiger partial charge in [0.05, 0.1) is 6.04 Å². The van der Waals surface area contributed by atoms with Crippen LogP contribution >= 0.6 is 0 Å². The molecule has 2 atom stereocenters. The SMILES string of the molecule is CC(NCC1CCN(C2CC2)C1)C(=O)NC(C)(C)C. The van der Waals surface area contributed by atoms with Crippen LogP contribution in [0.1, 0.15) is 47.0 Å². The molecule has 2 rings (SSSR count). The molecule has 19 heavy (non-hydrogen) atoms. The van der Waals surface area contributed by atoms with Gasteiger partial charge in [-0.1, -0.05) is 0 Å². The van der Waals surface area contributed by atoms with Gasteiger partial charge in [0.1, 0.15) is 0 Å². The predicted octanol–water partition coefficient (Wildman–Crippen LogP) is 1.36. The van der Waals surface area contributed by atoms with Crippen molar-refractivity contribution in [1.29, 1.82) is 0 Å². The van der Waals surface area contributed by atoms with Gasteiger partial charge in [-0.05, 0) is 66.0 Å². The highest BCUT2D eigenvalue weighted by Gasteiger charge is 2.34. The van der Waals surface area contributed by atoms with Gasteiger partial charge in [-0.2, -0.15) is 0 Å². The first-order valence-electron chi connectivity index (χ1n) is 7.64. The van der Waals surface area contributed by atoms with Crippen molar-refractivity contribution in [3.63, 3.8) is 0 Å². The molecule has 0 aromatic carbocycles. The fourth-order valence-corrected chi connectivity index (χ4v) is 2.71. The van der Waals surface area contributed by atoms with Crippen molar-refractivity contribution < 1.29 is 4.79 Å². The van der Waals surface area contributed by atoms with Gasteiger partial charge in [-0.3, -0.25) is 4.79 Å². The second-order valence-electron chi connectivity index (χ2n) is 7.25. The minimum atomic E-state index is -0.150. The second kappa shape index (κ2) is 5.80. The minimum Gasteiger partial charge on any atom is -0.350 e. The Labute approximate surface area is 117 Å². The Bertz CT molecular complexity index is 320. The minimum absolute atomic E-state index is 0.101. The van der Waals surface area contributed by atoms with Crippen molar-refractivity contribution in [2.45, 2.75) is 64.6 Å². The quantitative estimate of drug-likeness (QED) is 0.790. The topological polar surface area (TPSA) is 44.4 Å². The summed E-state index contributed by atoms with van der Waals surface area (Å²) in [5.74, 6) is 0.815. The molecule has 0 bridgehead atoms.